The summed E-state index contributed by atoms with van der Waals surface area (Å²) in [5.74, 6) is -0.00689. The summed E-state index contributed by atoms with van der Waals surface area (Å²) in [5.41, 5.74) is 2.27. The van der Waals surface area contributed by atoms with Gasteiger partial charge in [-0.3, -0.25) is 14.3 Å². The number of carbonyl (C=O) groups excluding carboxylic acids is 2. The molecule has 7 heteroatoms. The monoisotopic (exact) mass is 346 g/mol. The molecule has 0 unspecified atom stereocenters. The fourth-order valence-electron chi connectivity index (χ4n) is 2.95. The number of nitrogens with one attached hydrogen (secondary N) is 1. The van der Waals surface area contributed by atoms with Gasteiger partial charge in [0, 0.05) is 37.1 Å². The minimum Gasteiger partial charge on any atom is -0.349 e. The van der Waals surface area contributed by atoms with Gasteiger partial charge in [0.05, 0.1) is 5.69 Å². The Bertz CT molecular complexity index is 715. The van der Waals surface area contributed by atoms with E-state index in [9.17, 15) is 9.59 Å². The predicted molar refractivity (Wildman–Crippen MR) is 93.3 cm³/mol. The fourth-order valence-corrected chi connectivity index (χ4v) is 3.59. The predicted octanol–water partition coefficient (Wildman–Crippen LogP) is 2.08. The van der Waals surface area contributed by atoms with E-state index in [-0.39, 0.29) is 17.9 Å². The molecule has 6 nitrogen and oxygen atoms in total. The number of carbonyl (C=O) groups is 2. The second kappa shape index (κ2) is 7.17. The van der Waals surface area contributed by atoms with Gasteiger partial charge in [-0.2, -0.15) is 16.4 Å². The number of rotatable bonds is 4. The summed E-state index contributed by atoms with van der Waals surface area (Å²) in [6, 6.07) is 3.82. The first-order chi connectivity index (χ1) is 11.6. The molecule has 1 aliphatic rings. The van der Waals surface area contributed by atoms with Crippen LogP contribution < -0.4 is 5.32 Å². The topological polar surface area (TPSA) is 67.2 Å². The fraction of sp³-hybridized carbons (Fsp3) is 0.471. The number of hydrogen-bond donors (Lipinski definition) is 1. The second-order valence-corrected chi connectivity index (χ2v) is 6.83. The quantitative estimate of drug-likeness (QED) is 0.922. The van der Waals surface area contributed by atoms with E-state index < -0.39 is 0 Å². The third-order valence-electron chi connectivity index (χ3n) is 4.41. The molecule has 2 aromatic rings. The molecule has 3 heterocycles. The van der Waals surface area contributed by atoms with Crippen LogP contribution in [0.4, 0.5) is 0 Å². The van der Waals surface area contributed by atoms with Gasteiger partial charge < -0.3 is 10.2 Å². The third-order valence-corrected chi connectivity index (χ3v) is 5.10. The van der Waals surface area contributed by atoms with Gasteiger partial charge in [0.25, 0.3) is 11.8 Å². The Balaban J connectivity index is 1.55. The average Bonchev–Trinajstić information content (AvgIpc) is 3.24. The van der Waals surface area contributed by atoms with Crippen molar-refractivity contribution in [2.24, 2.45) is 7.05 Å². The lowest BCUT2D eigenvalue weighted by Gasteiger charge is -2.32. The Hall–Kier alpha value is -2.15. The summed E-state index contributed by atoms with van der Waals surface area (Å²) >= 11 is 1.52. The SMILES string of the molecule is CCc1cc(C(=O)N2CCC(NC(=O)c3ccsc3)CC2)n(C)n1. The van der Waals surface area contributed by atoms with E-state index in [4.69, 9.17) is 0 Å². The number of hydrogen-bond acceptors (Lipinski definition) is 4. The van der Waals surface area contributed by atoms with E-state index in [1.54, 1.807) is 11.7 Å². The minimum absolute atomic E-state index is 0.0207. The van der Waals surface area contributed by atoms with E-state index in [2.05, 4.69) is 10.4 Å². The van der Waals surface area contributed by atoms with Gasteiger partial charge in [0.15, 0.2) is 0 Å². The maximum absolute atomic E-state index is 12.6. The third kappa shape index (κ3) is 3.51. The van der Waals surface area contributed by atoms with E-state index in [1.807, 2.05) is 34.7 Å². The van der Waals surface area contributed by atoms with Crippen molar-refractivity contribution in [3.05, 3.63) is 39.8 Å². The molecule has 128 valence electrons. The summed E-state index contributed by atoms with van der Waals surface area (Å²) in [6.45, 7) is 3.33. The van der Waals surface area contributed by atoms with E-state index in [1.165, 1.54) is 11.3 Å². The molecular weight excluding hydrogens is 324 g/mol. The molecule has 2 amide bonds. The molecular formula is C17H22N4O2S. The van der Waals surface area contributed by atoms with Crippen molar-refractivity contribution in [1.82, 2.24) is 20.0 Å². The number of thiophene rings is 1. The van der Waals surface area contributed by atoms with E-state index in [0.717, 1.165) is 25.0 Å². The first-order valence-electron chi connectivity index (χ1n) is 8.23. The van der Waals surface area contributed by atoms with Gasteiger partial charge in [-0.15, -0.1) is 0 Å². The van der Waals surface area contributed by atoms with Gasteiger partial charge >= 0.3 is 0 Å². The molecule has 0 bridgehead atoms. The Morgan fingerprint density at radius 3 is 2.71 bits per heavy atom. The van der Waals surface area contributed by atoms with Crippen molar-refractivity contribution >= 4 is 23.2 Å². The van der Waals surface area contributed by atoms with Crippen molar-refractivity contribution in [3.8, 4) is 0 Å². The zero-order valence-corrected chi connectivity index (χ0v) is 14.8. The van der Waals surface area contributed by atoms with Gasteiger partial charge in [0.2, 0.25) is 0 Å². The van der Waals surface area contributed by atoms with Crippen LogP contribution in [0.3, 0.4) is 0 Å². The maximum Gasteiger partial charge on any atom is 0.272 e. The number of amides is 2. The average molecular weight is 346 g/mol. The molecule has 3 rings (SSSR count). The Morgan fingerprint density at radius 1 is 1.38 bits per heavy atom. The number of nitrogens with zero attached hydrogens (tertiary/aromatic N) is 3. The zero-order valence-electron chi connectivity index (χ0n) is 14.0. The first-order valence-corrected chi connectivity index (χ1v) is 9.18. The summed E-state index contributed by atoms with van der Waals surface area (Å²) in [7, 11) is 1.81. The van der Waals surface area contributed by atoms with Gasteiger partial charge in [-0.05, 0) is 36.8 Å². The first kappa shape index (κ1) is 16.7. The number of aryl methyl sites for hydroxylation is 2. The number of piperidine rings is 1. The van der Waals surface area contributed by atoms with E-state index in [0.29, 0.717) is 24.3 Å². The molecule has 0 spiro atoms. The smallest absolute Gasteiger partial charge is 0.272 e. The van der Waals surface area contributed by atoms with Crippen molar-refractivity contribution in [2.75, 3.05) is 13.1 Å². The van der Waals surface area contributed by atoms with Gasteiger partial charge in [0.1, 0.15) is 5.69 Å². The molecule has 1 saturated heterocycles. The Kier molecular flexibility index (Phi) is 4.99. The number of likely N-dealkylation sites (tertiary alicyclic amines) is 1. The standard InChI is InChI=1S/C17H22N4O2S/c1-3-13-10-15(20(2)19-13)17(23)21-7-4-14(5-8-21)18-16(22)12-6-9-24-11-12/h6,9-11,14H,3-5,7-8H2,1-2H3,(H,18,22). The van der Waals surface area contributed by atoms with Crippen LogP contribution in [-0.2, 0) is 13.5 Å². The van der Waals surface area contributed by atoms with Crippen LogP contribution in [0.25, 0.3) is 0 Å². The molecule has 2 aromatic heterocycles. The molecule has 0 aliphatic carbocycles. The van der Waals surface area contributed by atoms with Crippen LogP contribution in [0.2, 0.25) is 0 Å². The minimum atomic E-state index is -0.0275. The lowest BCUT2D eigenvalue weighted by molar-refractivity contribution is 0.0687. The number of aromatic nitrogens is 2. The van der Waals surface area contributed by atoms with Gasteiger partial charge in [-0.1, -0.05) is 6.92 Å². The molecule has 1 fully saturated rings. The molecule has 0 atom stereocenters. The van der Waals surface area contributed by atoms with Crippen LogP contribution in [0, 0.1) is 0 Å². The molecule has 0 aromatic carbocycles. The zero-order chi connectivity index (χ0) is 17.1. The van der Waals surface area contributed by atoms with Crippen LogP contribution in [-0.4, -0.2) is 45.6 Å². The van der Waals surface area contributed by atoms with E-state index >= 15 is 0 Å². The largest absolute Gasteiger partial charge is 0.349 e. The highest BCUT2D eigenvalue weighted by Gasteiger charge is 2.26. The van der Waals surface area contributed by atoms with Crippen molar-refractivity contribution in [2.45, 2.75) is 32.2 Å². The van der Waals surface area contributed by atoms with Crippen LogP contribution in [0.15, 0.2) is 22.9 Å². The molecule has 1 aliphatic heterocycles. The highest BCUT2D eigenvalue weighted by molar-refractivity contribution is 7.08. The van der Waals surface area contributed by atoms with Crippen molar-refractivity contribution in [3.63, 3.8) is 0 Å². The van der Waals surface area contributed by atoms with Crippen LogP contribution in [0.1, 0.15) is 46.3 Å². The van der Waals surface area contributed by atoms with Crippen LogP contribution >= 0.6 is 11.3 Å². The van der Waals surface area contributed by atoms with Crippen molar-refractivity contribution in [1.29, 1.82) is 0 Å². The maximum atomic E-state index is 12.6. The van der Waals surface area contributed by atoms with Crippen LogP contribution in [0.5, 0.6) is 0 Å². The molecule has 24 heavy (non-hydrogen) atoms. The normalized spacial score (nSPS) is 15.5. The Morgan fingerprint density at radius 2 is 2.12 bits per heavy atom. The highest BCUT2D eigenvalue weighted by atomic mass is 32.1. The second-order valence-electron chi connectivity index (χ2n) is 6.05. The van der Waals surface area contributed by atoms with Gasteiger partial charge in [-0.25, -0.2) is 0 Å². The summed E-state index contributed by atoms with van der Waals surface area (Å²) in [5, 5.41) is 11.1. The highest BCUT2D eigenvalue weighted by Crippen LogP contribution is 2.16. The lowest BCUT2D eigenvalue weighted by Crippen LogP contribution is -2.46. The lowest BCUT2D eigenvalue weighted by atomic mass is 10.0. The summed E-state index contributed by atoms with van der Waals surface area (Å²) in [6.07, 6.45) is 2.37. The molecule has 0 saturated carbocycles. The summed E-state index contributed by atoms with van der Waals surface area (Å²) < 4.78 is 1.66. The molecule has 1 N–H and O–H groups in total. The molecule has 0 radical (unpaired) electrons. The summed E-state index contributed by atoms with van der Waals surface area (Å²) in [4.78, 5) is 26.6. The Labute approximate surface area is 145 Å². The van der Waals surface area contributed by atoms with Crippen molar-refractivity contribution < 1.29 is 9.59 Å².